The van der Waals surface area contributed by atoms with E-state index in [2.05, 4.69) is 0 Å². The lowest BCUT2D eigenvalue weighted by Crippen LogP contribution is -2.43. The Morgan fingerprint density at radius 3 is 2.38 bits per heavy atom. The summed E-state index contributed by atoms with van der Waals surface area (Å²) >= 11 is 0. The first-order valence-corrected chi connectivity index (χ1v) is 13.0. The van der Waals surface area contributed by atoms with Gasteiger partial charge in [-0.25, -0.2) is 8.42 Å². The van der Waals surface area contributed by atoms with E-state index in [9.17, 15) is 18.0 Å². The molecule has 0 aromatic heterocycles. The molecule has 0 radical (unpaired) electrons. The second kappa shape index (κ2) is 11.8. The van der Waals surface area contributed by atoms with Gasteiger partial charge in [-0.05, 0) is 43.9 Å². The van der Waals surface area contributed by atoms with E-state index in [4.69, 9.17) is 9.47 Å². The highest BCUT2D eigenvalue weighted by Gasteiger charge is 2.26. The van der Waals surface area contributed by atoms with Gasteiger partial charge in [0.1, 0.15) is 0 Å². The van der Waals surface area contributed by atoms with Crippen molar-refractivity contribution in [2.75, 3.05) is 39.5 Å². The van der Waals surface area contributed by atoms with Crippen LogP contribution in [-0.2, 0) is 35.5 Å². The molecular formula is C23H34N2O6S. The fourth-order valence-corrected chi connectivity index (χ4v) is 5.75. The standard InChI is InChI=1S/C23H34N2O6S/c1-2-25(20-6-4-3-5-7-20)22(26)18-31-23(27)13-10-19-8-11-21(12-9-19)32(28,29)24-14-16-30-17-15-24/h8-9,11-12,20H,2-7,10,13-18H2,1H3. The van der Waals surface area contributed by atoms with Crippen molar-refractivity contribution in [2.24, 2.45) is 0 Å². The highest BCUT2D eigenvalue weighted by Crippen LogP contribution is 2.23. The first kappa shape index (κ1) is 24.7. The smallest absolute Gasteiger partial charge is 0.306 e. The van der Waals surface area contributed by atoms with Crippen LogP contribution in [0.1, 0.15) is 51.0 Å². The SMILES string of the molecule is CCN(C(=O)COC(=O)CCc1ccc(S(=O)(=O)N2CCOCC2)cc1)C1CCCCC1. The minimum Gasteiger partial charge on any atom is -0.456 e. The molecule has 1 saturated carbocycles. The van der Waals surface area contributed by atoms with Crippen LogP contribution in [0.2, 0.25) is 0 Å². The van der Waals surface area contributed by atoms with Crippen molar-refractivity contribution in [1.29, 1.82) is 0 Å². The lowest BCUT2D eigenvalue weighted by Gasteiger charge is -2.33. The Bertz CT molecular complexity index is 859. The number of rotatable bonds is 9. The lowest BCUT2D eigenvalue weighted by atomic mass is 9.94. The molecular weight excluding hydrogens is 432 g/mol. The maximum absolute atomic E-state index is 12.7. The van der Waals surface area contributed by atoms with Gasteiger partial charge in [0.05, 0.1) is 18.1 Å². The second-order valence-corrected chi connectivity index (χ2v) is 10.2. The molecule has 1 aromatic rings. The molecule has 0 atom stereocenters. The third-order valence-electron chi connectivity index (χ3n) is 6.18. The number of hydrogen-bond donors (Lipinski definition) is 0. The minimum atomic E-state index is -3.53. The number of hydrogen-bond acceptors (Lipinski definition) is 6. The molecule has 1 aliphatic carbocycles. The second-order valence-electron chi connectivity index (χ2n) is 8.29. The van der Waals surface area contributed by atoms with Crippen LogP contribution in [0, 0.1) is 0 Å². The van der Waals surface area contributed by atoms with Crippen molar-refractivity contribution < 1.29 is 27.5 Å². The van der Waals surface area contributed by atoms with Gasteiger partial charge >= 0.3 is 5.97 Å². The molecule has 0 spiro atoms. The molecule has 1 amide bonds. The Morgan fingerprint density at radius 2 is 1.75 bits per heavy atom. The van der Waals surface area contributed by atoms with E-state index < -0.39 is 16.0 Å². The van der Waals surface area contributed by atoms with Crippen LogP contribution in [0.3, 0.4) is 0 Å². The largest absolute Gasteiger partial charge is 0.456 e. The third-order valence-corrected chi connectivity index (χ3v) is 8.09. The highest BCUT2D eigenvalue weighted by molar-refractivity contribution is 7.89. The lowest BCUT2D eigenvalue weighted by molar-refractivity contribution is -0.153. The number of amides is 1. The number of esters is 1. The molecule has 0 bridgehead atoms. The van der Waals surface area contributed by atoms with Gasteiger partial charge in [-0.15, -0.1) is 0 Å². The van der Waals surface area contributed by atoms with Gasteiger partial charge in [-0.2, -0.15) is 4.31 Å². The van der Waals surface area contributed by atoms with Crippen LogP contribution in [-0.4, -0.2) is 75.0 Å². The van der Waals surface area contributed by atoms with Gasteiger partial charge in [-0.1, -0.05) is 31.4 Å². The number of nitrogens with zero attached hydrogens (tertiary/aromatic N) is 2. The molecule has 1 saturated heterocycles. The Balaban J connectivity index is 1.44. The molecule has 3 rings (SSSR count). The van der Waals surface area contributed by atoms with E-state index >= 15 is 0 Å². The molecule has 1 heterocycles. The predicted molar refractivity (Wildman–Crippen MR) is 120 cm³/mol. The van der Waals surface area contributed by atoms with Crippen molar-refractivity contribution in [2.45, 2.75) is 62.8 Å². The fourth-order valence-electron chi connectivity index (χ4n) is 4.34. The zero-order valence-corrected chi connectivity index (χ0v) is 19.6. The molecule has 8 nitrogen and oxygen atoms in total. The minimum absolute atomic E-state index is 0.134. The quantitative estimate of drug-likeness (QED) is 0.519. The van der Waals surface area contributed by atoms with Gasteiger partial charge in [0.15, 0.2) is 6.61 Å². The van der Waals surface area contributed by atoms with Crippen molar-refractivity contribution in [3.63, 3.8) is 0 Å². The third kappa shape index (κ3) is 6.52. The van der Waals surface area contributed by atoms with E-state index in [1.807, 2.05) is 11.8 Å². The molecule has 2 aliphatic rings. The van der Waals surface area contributed by atoms with Crippen LogP contribution in [0.4, 0.5) is 0 Å². The first-order chi connectivity index (χ1) is 15.4. The normalized spacial score (nSPS) is 18.3. The zero-order chi connectivity index (χ0) is 23.0. The van der Waals surface area contributed by atoms with Gasteiger partial charge in [0.2, 0.25) is 10.0 Å². The summed E-state index contributed by atoms with van der Waals surface area (Å²) in [7, 11) is -3.53. The fraction of sp³-hybridized carbons (Fsp3) is 0.652. The highest BCUT2D eigenvalue weighted by atomic mass is 32.2. The van der Waals surface area contributed by atoms with Gasteiger partial charge in [0.25, 0.3) is 5.91 Å². The summed E-state index contributed by atoms with van der Waals surface area (Å²) in [5.41, 5.74) is 0.839. The van der Waals surface area contributed by atoms with E-state index in [-0.39, 0.29) is 29.9 Å². The monoisotopic (exact) mass is 466 g/mol. The van der Waals surface area contributed by atoms with E-state index in [0.29, 0.717) is 39.3 Å². The number of likely N-dealkylation sites (N-methyl/N-ethyl adjacent to an activating group) is 1. The predicted octanol–water partition coefficient (Wildman–Crippen LogP) is 2.36. The van der Waals surface area contributed by atoms with Gasteiger partial charge in [-0.3, -0.25) is 9.59 Å². The molecule has 1 aromatic carbocycles. The summed E-state index contributed by atoms with van der Waals surface area (Å²) in [5, 5.41) is 0. The van der Waals surface area contributed by atoms with Crippen LogP contribution < -0.4 is 0 Å². The Labute approximate surface area is 190 Å². The number of ether oxygens (including phenoxy) is 2. The van der Waals surface area contributed by atoms with E-state index in [0.717, 1.165) is 31.2 Å². The molecule has 0 unspecified atom stereocenters. The van der Waals surface area contributed by atoms with Crippen molar-refractivity contribution in [3.05, 3.63) is 29.8 Å². The molecule has 0 N–H and O–H groups in total. The van der Waals surface area contributed by atoms with E-state index in [1.54, 1.807) is 24.3 Å². The summed E-state index contributed by atoms with van der Waals surface area (Å²) in [6.07, 6.45) is 6.10. The van der Waals surface area contributed by atoms with Crippen molar-refractivity contribution >= 4 is 21.9 Å². The van der Waals surface area contributed by atoms with Crippen LogP contribution in [0.5, 0.6) is 0 Å². The number of sulfonamides is 1. The van der Waals surface area contributed by atoms with Crippen LogP contribution in [0.25, 0.3) is 0 Å². The summed E-state index contributed by atoms with van der Waals surface area (Å²) in [5.74, 6) is -0.562. The maximum atomic E-state index is 12.7. The Hall–Kier alpha value is -1.97. The van der Waals surface area contributed by atoms with Gasteiger partial charge in [0, 0.05) is 32.1 Å². The Morgan fingerprint density at radius 1 is 1.09 bits per heavy atom. The summed E-state index contributed by atoms with van der Waals surface area (Å²) in [4.78, 5) is 26.7. The average Bonchev–Trinajstić information content (AvgIpc) is 2.83. The Kier molecular flexibility index (Phi) is 9.07. The molecule has 32 heavy (non-hydrogen) atoms. The van der Waals surface area contributed by atoms with E-state index in [1.165, 1.54) is 10.7 Å². The van der Waals surface area contributed by atoms with Crippen LogP contribution in [0.15, 0.2) is 29.2 Å². The summed E-state index contributed by atoms with van der Waals surface area (Å²) in [6, 6.07) is 6.82. The average molecular weight is 467 g/mol. The number of aryl methyl sites for hydroxylation is 1. The molecule has 9 heteroatoms. The first-order valence-electron chi connectivity index (χ1n) is 11.5. The molecule has 1 aliphatic heterocycles. The van der Waals surface area contributed by atoms with Crippen molar-refractivity contribution in [1.82, 2.24) is 9.21 Å². The molecule has 178 valence electrons. The van der Waals surface area contributed by atoms with Gasteiger partial charge < -0.3 is 14.4 Å². The van der Waals surface area contributed by atoms with Crippen LogP contribution >= 0.6 is 0 Å². The number of carbonyl (C=O) groups is 2. The maximum Gasteiger partial charge on any atom is 0.306 e. The number of morpholine rings is 1. The summed E-state index contributed by atoms with van der Waals surface area (Å²) in [6.45, 7) is 3.87. The number of benzene rings is 1. The zero-order valence-electron chi connectivity index (χ0n) is 18.8. The molecule has 2 fully saturated rings. The number of carbonyl (C=O) groups excluding carboxylic acids is 2. The summed E-state index contributed by atoms with van der Waals surface area (Å²) < 4.78 is 37.2. The van der Waals surface area contributed by atoms with Crippen molar-refractivity contribution in [3.8, 4) is 0 Å². The topological polar surface area (TPSA) is 93.2 Å².